The molecule has 0 saturated heterocycles. The minimum absolute atomic E-state index is 0.00607. The lowest BCUT2D eigenvalue weighted by atomic mass is 10.0. The van der Waals surface area contributed by atoms with Gasteiger partial charge in [0.2, 0.25) is 0 Å². The lowest BCUT2D eigenvalue weighted by molar-refractivity contribution is 0.601. The number of unbranched alkanes of at least 4 members (excludes halogenated alkanes) is 1. The maximum Gasteiger partial charge on any atom is 0.147 e. The van der Waals surface area contributed by atoms with Gasteiger partial charge in [0.15, 0.2) is 0 Å². The van der Waals surface area contributed by atoms with E-state index in [1.54, 1.807) is 0 Å². The topological polar surface area (TPSA) is 26.0 Å². The Hall–Kier alpha value is -3.12. The molecule has 0 aliphatic heterocycles. The molecule has 1 nitrogen and oxygen atoms in total. The first-order chi connectivity index (χ1) is 13.1. The number of hydrogen-bond donors (Lipinski definition) is 1. The third kappa shape index (κ3) is 4.74. The van der Waals surface area contributed by atoms with Gasteiger partial charge in [-0.2, -0.15) is 0 Å². The molecular formula is C24H21F2N. The average Bonchev–Trinajstić information content (AvgIpc) is 2.69. The molecule has 0 aromatic heterocycles. The van der Waals surface area contributed by atoms with Crippen LogP contribution in [-0.4, -0.2) is 0 Å². The predicted molar refractivity (Wildman–Crippen MR) is 107 cm³/mol. The standard InChI is InChI=1S/C24H21F2N/c1-2-3-4-17-5-10-19(11-6-17)20-12-7-18(8-13-20)9-14-21-15-23(26)24(27)16-22(21)25/h5-8,10-13,15-16H,2-4,27H2,1H3. The summed E-state index contributed by atoms with van der Waals surface area (Å²) in [6, 6.07) is 18.2. The van der Waals surface area contributed by atoms with Gasteiger partial charge in [-0.25, -0.2) is 8.78 Å². The summed E-state index contributed by atoms with van der Waals surface area (Å²) in [6.45, 7) is 2.19. The van der Waals surface area contributed by atoms with Crippen molar-refractivity contribution in [3.8, 4) is 23.0 Å². The number of halogens is 2. The Bertz CT molecular complexity index is 978. The first kappa shape index (κ1) is 18.7. The van der Waals surface area contributed by atoms with E-state index in [2.05, 4.69) is 43.0 Å². The summed E-state index contributed by atoms with van der Waals surface area (Å²) in [5.41, 5.74) is 9.42. The molecule has 0 saturated carbocycles. The molecule has 0 aliphatic carbocycles. The van der Waals surface area contributed by atoms with Gasteiger partial charge < -0.3 is 5.73 Å². The molecule has 0 atom stereocenters. The molecule has 2 N–H and O–H groups in total. The molecule has 0 aliphatic rings. The second kappa shape index (κ2) is 8.51. The van der Waals surface area contributed by atoms with Crippen LogP contribution in [0.25, 0.3) is 11.1 Å². The molecule has 0 bridgehead atoms. The number of aryl methyl sites for hydroxylation is 1. The van der Waals surface area contributed by atoms with Crippen LogP contribution < -0.4 is 5.73 Å². The Morgan fingerprint density at radius 2 is 1.44 bits per heavy atom. The number of anilines is 1. The van der Waals surface area contributed by atoms with Crippen molar-refractivity contribution >= 4 is 5.69 Å². The van der Waals surface area contributed by atoms with Crippen LogP contribution in [0.15, 0.2) is 60.7 Å². The SMILES string of the molecule is CCCCc1ccc(-c2ccc(C#Cc3cc(F)c(N)cc3F)cc2)cc1. The summed E-state index contributed by atoms with van der Waals surface area (Å²) >= 11 is 0. The zero-order valence-electron chi connectivity index (χ0n) is 15.2. The fourth-order valence-corrected chi connectivity index (χ4v) is 2.79. The van der Waals surface area contributed by atoms with E-state index in [9.17, 15) is 8.78 Å². The number of nitrogens with two attached hydrogens (primary N) is 1. The van der Waals surface area contributed by atoms with Crippen LogP contribution in [-0.2, 0) is 6.42 Å². The fourth-order valence-electron chi connectivity index (χ4n) is 2.79. The highest BCUT2D eigenvalue weighted by Crippen LogP contribution is 2.21. The highest BCUT2D eigenvalue weighted by Gasteiger charge is 2.05. The van der Waals surface area contributed by atoms with E-state index in [1.165, 1.54) is 18.4 Å². The van der Waals surface area contributed by atoms with Crippen molar-refractivity contribution in [2.75, 3.05) is 5.73 Å². The van der Waals surface area contributed by atoms with Gasteiger partial charge in [0, 0.05) is 11.6 Å². The molecule has 0 amide bonds. The monoisotopic (exact) mass is 361 g/mol. The molecule has 0 heterocycles. The third-order valence-electron chi connectivity index (χ3n) is 4.42. The maximum atomic E-state index is 13.8. The van der Waals surface area contributed by atoms with E-state index in [0.29, 0.717) is 0 Å². The highest BCUT2D eigenvalue weighted by atomic mass is 19.1. The molecule has 3 aromatic rings. The normalized spacial score (nSPS) is 10.3. The van der Waals surface area contributed by atoms with Gasteiger partial charge in [0.25, 0.3) is 0 Å². The van der Waals surface area contributed by atoms with Crippen molar-refractivity contribution in [2.24, 2.45) is 0 Å². The van der Waals surface area contributed by atoms with E-state index >= 15 is 0 Å². The van der Waals surface area contributed by atoms with E-state index in [0.717, 1.165) is 35.2 Å². The van der Waals surface area contributed by atoms with Gasteiger partial charge in [-0.1, -0.05) is 61.6 Å². The Kier molecular flexibility index (Phi) is 5.88. The summed E-state index contributed by atoms with van der Waals surface area (Å²) in [4.78, 5) is 0. The van der Waals surface area contributed by atoms with Crippen LogP contribution in [0.3, 0.4) is 0 Å². The molecule has 27 heavy (non-hydrogen) atoms. The minimum atomic E-state index is -0.668. The molecule has 0 spiro atoms. The van der Waals surface area contributed by atoms with Crippen LogP contribution in [0, 0.1) is 23.5 Å². The minimum Gasteiger partial charge on any atom is -0.396 e. The Morgan fingerprint density at radius 3 is 2.07 bits per heavy atom. The molecule has 3 heteroatoms. The van der Waals surface area contributed by atoms with Gasteiger partial charge >= 0.3 is 0 Å². The lowest BCUT2D eigenvalue weighted by Gasteiger charge is -2.04. The predicted octanol–water partition coefficient (Wildman–Crippen LogP) is 5.96. The zero-order valence-corrected chi connectivity index (χ0v) is 15.2. The Morgan fingerprint density at radius 1 is 0.815 bits per heavy atom. The van der Waals surface area contributed by atoms with E-state index in [1.807, 2.05) is 24.3 Å². The summed E-state index contributed by atoms with van der Waals surface area (Å²) in [5, 5.41) is 0. The quantitative estimate of drug-likeness (QED) is 0.450. The average molecular weight is 361 g/mol. The molecule has 0 fully saturated rings. The van der Waals surface area contributed by atoms with Gasteiger partial charge in [-0.3, -0.25) is 0 Å². The van der Waals surface area contributed by atoms with E-state index in [-0.39, 0.29) is 11.3 Å². The molecule has 3 aromatic carbocycles. The van der Waals surface area contributed by atoms with Crippen molar-refractivity contribution in [1.82, 2.24) is 0 Å². The van der Waals surface area contributed by atoms with E-state index in [4.69, 9.17) is 5.73 Å². The molecule has 3 rings (SSSR count). The number of hydrogen-bond acceptors (Lipinski definition) is 1. The fraction of sp³-hybridized carbons (Fsp3) is 0.167. The summed E-state index contributed by atoms with van der Waals surface area (Å²) in [7, 11) is 0. The summed E-state index contributed by atoms with van der Waals surface area (Å²) < 4.78 is 27.2. The number of nitrogen functional groups attached to an aromatic ring is 1. The van der Waals surface area contributed by atoms with Crippen LogP contribution in [0.4, 0.5) is 14.5 Å². The van der Waals surface area contributed by atoms with Gasteiger partial charge in [-0.15, -0.1) is 0 Å². The van der Waals surface area contributed by atoms with Crippen molar-refractivity contribution < 1.29 is 8.78 Å². The maximum absolute atomic E-state index is 13.8. The first-order valence-corrected chi connectivity index (χ1v) is 9.02. The largest absolute Gasteiger partial charge is 0.396 e. The molecule has 136 valence electrons. The van der Waals surface area contributed by atoms with Crippen molar-refractivity contribution in [1.29, 1.82) is 0 Å². The third-order valence-corrected chi connectivity index (χ3v) is 4.42. The van der Waals surface area contributed by atoms with Gasteiger partial charge in [-0.05, 0) is 47.7 Å². The second-order valence-electron chi connectivity index (χ2n) is 6.48. The lowest BCUT2D eigenvalue weighted by Crippen LogP contribution is -1.94. The summed E-state index contributed by atoms with van der Waals surface area (Å²) in [5.74, 6) is 4.23. The van der Waals surface area contributed by atoms with Crippen molar-refractivity contribution in [2.45, 2.75) is 26.2 Å². The van der Waals surface area contributed by atoms with Crippen LogP contribution in [0.2, 0.25) is 0 Å². The van der Waals surface area contributed by atoms with Gasteiger partial charge in [0.1, 0.15) is 11.6 Å². The number of rotatable bonds is 4. The smallest absolute Gasteiger partial charge is 0.147 e. The molecule has 0 unspecified atom stereocenters. The molecular weight excluding hydrogens is 340 g/mol. The van der Waals surface area contributed by atoms with Gasteiger partial charge in [0.05, 0.1) is 11.3 Å². The highest BCUT2D eigenvalue weighted by molar-refractivity contribution is 5.65. The first-order valence-electron chi connectivity index (χ1n) is 9.02. The van der Waals surface area contributed by atoms with Crippen molar-refractivity contribution in [3.63, 3.8) is 0 Å². The Balaban J connectivity index is 1.76. The van der Waals surface area contributed by atoms with Crippen LogP contribution in [0.5, 0.6) is 0 Å². The van der Waals surface area contributed by atoms with E-state index < -0.39 is 11.6 Å². The van der Waals surface area contributed by atoms with Crippen LogP contribution in [0.1, 0.15) is 36.5 Å². The zero-order chi connectivity index (χ0) is 19.2. The number of benzene rings is 3. The second-order valence-corrected chi connectivity index (χ2v) is 6.48. The van der Waals surface area contributed by atoms with Crippen LogP contribution >= 0.6 is 0 Å². The Labute approximate surface area is 158 Å². The summed E-state index contributed by atoms with van der Waals surface area (Å²) in [6.07, 6.45) is 3.50. The molecule has 0 radical (unpaired) electrons. The van der Waals surface area contributed by atoms with Crippen molar-refractivity contribution in [3.05, 3.63) is 89.0 Å².